The first-order chi connectivity index (χ1) is 23.1. The van der Waals surface area contributed by atoms with Gasteiger partial charge >= 0.3 is 12.2 Å². The van der Waals surface area contributed by atoms with Gasteiger partial charge in [0.15, 0.2) is 5.82 Å². The van der Waals surface area contributed by atoms with E-state index in [0.29, 0.717) is 22.1 Å². The van der Waals surface area contributed by atoms with E-state index in [1.54, 1.807) is 65.8 Å². The Hall–Kier alpha value is -5.16. The molecule has 0 saturated carbocycles. The maximum Gasteiger partial charge on any atom is 0.425 e. The molecule has 3 aromatic carbocycles. The minimum Gasteiger partial charge on any atom is -0.443 e. The number of pyridine rings is 1. The summed E-state index contributed by atoms with van der Waals surface area (Å²) in [6.07, 6.45) is 0.431. The molecule has 4 aromatic rings. The number of rotatable bonds is 10. The number of nitrogens with zero attached hydrogens (tertiary/aromatic N) is 2. The highest BCUT2D eigenvalue weighted by molar-refractivity contribution is 6.14. The summed E-state index contributed by atoms with van der Waals surface area (Å²) >= 11 is 0. The summed E-state index contributed by atoms with van der Waals surface area (Å²) in [5.41, 5.74) is 7.96. The van der Waals surface area contributed by atoms with Gasteiger partial charge in [0, 0.05) is 42.0 Å². The summed E-state index contributed by atoms with van der Waals surface area (Å²) in [4.78, 5) is 45.6. The molecule has 2 unspecified atom stereocenters. The number of amides is 3. The molecule has 2 atom stereocenters. The number of imide groups is 1. The number of aromatic nitrogens is 1. The highest BCUT2D eigenvalue weighted by Gasteiger charge is 2.34. The van der Waals surface area contributed by atoms with Gasteiger partial charge in [-0.1, -0.05) is 43.3 Å². The largest absolute Gasteiger partial charge is 0.443 e. The second kappa shape index (κ2) is 15.4. The van der Waals surface area contributed by atoms with Crippen LogP contribution in [0.15, 0.2) is 79.0 Å². The SMILES string of the molecule is CCC(CO)c1ccc(C(Nc2ccc3c(N(C(=O)OC(C)(C)C)C(=O)OC(C)(C)C)nccc3c2)C(=O)NCc2cccc(N)c2)cc1. The van der Waals surface area contributed by atoms with E-state index in [1.165, 1.54) is 6.20 Å². The number of fused-ring (bicyclic) bond motifs is 1. The first-order valence-corrected chi connectivity index (χ1v) is 16.3. The lowest BCUT2D eigenvalue weighted by Gasteiger charge is -2.28. The number of ether oxygens (including phenoxy) is 2. The van der Waals surface area contributed by atoms with E-state index in [9.17, 15) is 19.5 Å². The fourth-order valence-corrected chi connectivity index (χ4v) is 5.18. The van der Waals surface area contributed by atoms with Gasteiger partial charge in [0.1, 0.15) is 17.2 Å². The van der Waals surface area contributed by atoms with Crippen LogP contribution in [0.3, 0.4) is 0 Å². The highest BCUT2D eigenvalue weighted by atomic mass is 16.6. The number of nitrogen functional groups attached to an aromatic ring is 1. The van der Waals surface area contributed by atoms with Gasteiger partial charge in [-0.15, -0.1) is 0 Å². The molecule has 4 rings (SSSR count). The summed E-state index contributed by atoms with van der Waals surface area (Å²) in [7, 11) is 0. The monoisotopic (exact) mass is 669 g/mol. The molecule has 0 spiro atoms. The van der Waals surface area contributed by atoms with Crippen LogP contribution in [0.2, 0.25) is 0 Å². The topological polar surface area (TPSA) is 156 Å². The summed E-state index contributed by atoms with van der Waals surface area (Å²) in [5.74, 6) is -0.211. The summed E-state index contributed by atoms with van der Waals surface area (Å²) in [6.45, 7) is 12.6. The minimum atomic E-state index is -0.921. The molecule has 11 heteroatoms. The van der Waals surface area contributed by atoms with E-state index in [1.807, 2.05) is 55.5 Å². The molecule has 0 bridgehead atoms. The number of carbonyl (C=O) groups is 3. The number of nitrogens with two attached hydrogens (primary N) is 1. The number of hydrogen-bond acceptors (Lipinski definition) is 9. The van der Waals surface area contributed by atoms with Crippen LogP contribution in [0.5, 0.6) is 0 Å². The smallest absolute Gasteiger partial charge is 0.425 e. The van der Waals surface area contributed by atoms with Crippen LogP contribution in [-0.4, -0.2) is 46.0 Å². The Bertz CT molecular complexity index is 1750. The van der Waals surface area contributed by atoms with Gasteiger partial charge in [-0.25, -0.2) is 14.6 Å². The minimum absolute atomic E-state index is 0.00189. The van der Waals surface area contributed by atoms with E-state index in [0.717, 1.165) is 28.0 Å². The van der Waals surface area contributed by atoms with Gasteiger partial charge in [0.2, 0.25) is 5.91 Å². The van der Waals surface area contributed by atoms with Crippen molar-refractivity contribution >= 4 is 46.1 Å². The molecule has 0 fully saturated rings. The molecule has 11 nitrogen and oxygen atoms in total. The summed E-state index contributed by atoms with van der Waals surface area (Å²) in [5, 5.41) is 17.3. The second-order valence-electron chi connectivity index (χ2n) is 13.9. The van der Waals surface area contributed by atoms with Crippen molar-refractivity contribution in [1.29, 1.82) is 0 Å². The molecule has 49 heavy (non-hydrogen) atoms. The maximum atomic E-state index is 13.8. The number of aliphatic hydroxyl groups excluding tert-OH is 1. The molecule has 3 amide bonds. The molecule has 0 aliphatic carbocycles. The zero-order valence-corrected chi connectivity index (χ0v) is 29.2. The lowest BCUT2D eigenvalue weighted by Crippen LogP contribution is -2.44. The number of benzene rings is 3. The Morgan fingerprint density at radius 1 is 0.878 bits per heavy atom. The van der Waals surface area contributed by atoms with Gasteiger partial charge in [0.05, 0.1) is 0 Å². The molecule has 0 aliphatic rings. The van der Waals surface area contributed by atoms with E-state index < -0.39 is 29.4 Å². The second-order valence-corrected chi connectivity index (χ2v) is 13.9. The van der Waals surface area contributed by atoms with Crippen LogP contribution in [-0.2, 0) is 20.8 Å². The lowest BCUT2D eigenvalue weighted by molar-refractivity contribution is -0.122. The number of nitrogens with one attached hydrogen (secondary N) is 2. The standard InChI is InChI=1S/C38H47N5O6/c1-8-25(23-44)26-12-14-27(15-13-26)32(34(45)41-22-24-10-9-11-29(39)20-24)42-30-16-17-31-28(21-30)18-19-40-33(31)43(35(46)48-37(2,3)4)36(47)49-38(5,6)7/h9-21,25,32,42,44H,8,22-23,39H2,1-7H3,(H,41,45). The first-order valence-electron chi connectivity index (χ1n) is 16.3. The number of carbonyl (C=O) groups excluding carboxylic acids is 3. The molecule has 0 saturated heterocycles. The van der Waals surface area contributed by atoms with Crippen molar-refractivity contribution in [2.45, 2.75) is 84.6 Å². The molecule has 5 N–H and O–H groups in total. The fraction of sp³-hybridized carbons (Fsp3) is 0.368. The van der Waals surface area contributed by atoms with Gasteiger partial charge in [-0.2, -0.15) is 4.90 Å². The molecule has 0 aliphatic heterocycles. The Morgan fingerprint density at radius 2 is 1.51 bits per heavy atom. The number of aliphatic hydroxyl groups is 1. The summed E-state index contributed by atoms with van der Waals surface area (Å²) < 4.78 is 11.1. The normalized spacial score (nSPS) is 12.9. The third-order valence-electron chi connectivity index (χ3n) is 7.55. The molecular formula is C38H47N5O6. The zero-order valence-electron chi connectivity index (χ0n) is 29.2. The molecule has 1 aromatic heterocycles. The van der Waals surface area contributed by atoms with Crippen LogP contribution >= 0.6 is 0 Å². The lowest BCUT2D eigenvalue weighted by atomic mass is 9.94. The average molecular weight is 670 g/mol. The van der Waals surface area contributed by atoms with Crippen molar-refractivity contribution < 1.29 is 29.0 Å². The van der Waals surface area contributed by atoms with Crippen LogP contribution < -0.4 is 21.3 Å². The first kappa shape index (κ1) is 36.7. The third kappa shape index (κ3) is 9.93. The quantitative estimate of drug-likeness (QED) is 0.126. The van der Waals surface area contributed by atoms with Gasteiger partial charge in [0.25, 0.3) is 0 Å². The Kier molecular flexibility index (Phi) is 11.5. The van der Waals surface area contributed by atoms with Gasteiger partial charge in [-0.05, 0) is 106 Å². The number of anilines is 3. The van der Waals surface area contributed by atoms with Crippen molar-refractivity contribution in [3.05, 3.63) is 95.7 Å². The highest BCUT2D eigenvalue weighted by Crippen LogP contribution is 2.31. The zero-order chi connectivity index (χ0) is 35.9. The molecule has 260 valence electrons. The molecule has 0 radical (unpaired) electrons. The van der Waals surface area contributed by atoms with Crippen molar-refractivity contribution in [3.8, 4) is 0 Å². The van der Waals surface area contributed by atoms with Crippen LogP contribution in [0.25, 0.3) is 10.8 Å². The van der Waals surface area contributed by atoms with Gasteiger partial charge in [-0.3, -0.25) is 4.79 Å². The Morgan fingerprint density at radius 3 is 2.08 bits per heavy atom. The predicted molar refractivity (Wildman–Crippen MR) is 192 cm³/mol. The van der Waals surface area contributed by atoms with Crippen molar-refractivity contribution in [2.24, 2.45) is 0 Å². The fourth-order valence-electron chi connectivity index (χ4n) is 5.18. The predicted octanol–water partition coefficient (Wildman–Crippen LogP) is 7.45. The van der Waals surface area contributed by atoms with E-state index in [-0.39, 0.29) is 30.8 Å². The third-order valence-corrected chi connectivity index (χ3v) is 7.55. The Balaban J connectivity index is 1.70. The van der Waals surface area contributed by atoms with Crippen molar-refractivity contribution in [2.75, 3.05) is 22.6 Å². The average Bonchev–Trinajstić information content (AvgIpc) is 3.02. The number of hydrogen-bond donors (Lipinski definition) is 4. The molecular weight excluding hydrogens is 622 g/mol. The van der Waals surface area contributed by atoms with E-state index in [4.69, 9.17) is 15.2 Å². The van der Waals surface area contributed by atoms with Gasteiger partial charge < -0.3 is 30.9 Å². The summed E-state index contributed by atoms with van der Waals surface area (Å²) in [6, 6.07) is 21.2. The van der Waals surface area contributed by atoms with Crippen molar-refractivity contribution in [1.82, 2.24) is 10.3 Å². The van der Waals surface area contributed by atoms with E-state index in [2.05, 4.69) is 15.6 Å². The maximum absolute atomic E-state index is 13.8. The van der Waals surface area contributed by atoms with Crippen LogP contribution in [0, 0.1) is 0 Å². The van der Waals surface area contributed by atoms with Crippen molar-refractivity contribution in [3.63, 3.8) is 0 Å². The van der Waals surface area contributed by atoms with Crippen LogP contribution in [0.4, 0.5) is 26.8 Å². The molecule has 1 heterocycles. The Labute approximate surface area is 287 Å². The van der Waals surface area contributed by atoms with Crippen LogP contribution in [0.1, 0.15) is 83.5 Å². The van der Waals surface area contributed by atoms with E-state index >= 15 is 0 Å².